The van der Waals surface area contributed by atoms with E-state index in [4.69, 9.17) is 22.1 Å². The lowest BCUT2D eigenvalue weighted by atomic mass is 10.2. The second-order valence-corrected chi connectivity index (χ2v) is 4.53. The first kappa shape index (κ1) is 13.8. The van der Waals surface area contributed by atoms with Gasteiger partial charge in [-0.05, 0) is 18.6 Å². The van der Waals surface area contributed by atoms with Crippen LogP contribution in [0.3, 0.4) is 0 Å². The number of nitrogens with two attached hydrogens (primary N) is 1. The van der Waals surface area contributed by atoms with Gasteiger partial charge in [0.1, 0.15) is 12.1 Å². The minimum atomic E-state index is 0.321. The first-order chi connectivity index (χ1) is 9.24. The number of nitrogens with zero attached hydrogens (tertiary/aromatic N) is 2. The molecule has 0 atom stereocenters. The minimum Gasteiger partial charge on any atom is -0.439 e. The summed E-state index contributed by atoms with van der Waals surface area (Å²) in [6, 6.07) is 7.28. The van der Waals surface area contributed by atoms with Gasteiger partial charge in [-0.15, -0.1) is 0 Å². The highest BCUT2D eigenvalue weighted by Crippen LogP contribution is 2.29. The quantitative estimate of drug-likeness (QED) is 0.910. The summed E-state index contributed by atoms with van der Waals surface area (Å²) in [5.41, 5.74) is 7.43. The third-order valence-electron chi connectivity index (χ3n) is 2.70. The van der Waals surface area contributed by atoms with Crippen molar-refractivity contribution >= 4 is 11.6 Å². The lowest BCUT2D eigenvalue weighted by molar-refractivity contribution is 0.454. The van der Waals surface area contributed by atoms with Crippen molar-refractivity contribution in [2.24, 2.45) is 5.73 Å². The lowest BCUT2D eigenvalue weighted by Gasteiger charge is -2.10. The van der Waals surface area contributed by atoms with E-state index in [2.05, 4.69) is 16.9 Å². The van der Waals surface area contributed by atoms with Gasteiger partial charge >= 0.3 is 0 Å². The van der Waals surface area contributed by atoms with E-state index in [1.165, 1.54) is 6.33 Å². The van der Waals surface area contributed by atoms with Crippen LogP contribution < -0.4 is 10.5 Å². The highest BCUT2D eigenvalue weighted by Gasteiger charge is 2.08. The fourth-order valence-corrected chi connectivity index (χ4v) is 2.01. The van der Waals surface area contributed by atoms with Crippen molar-refractivity contribution in [2.45, 2.75) is 26.3 Å². The van der Waals surface area contributed by atoms with Crippen LogP contribution in [0.2, 0.25) is 5.02 Å². The Morgan fingerprint density at radius 2 is 2.16 bits per heavy atom. The van der Waals surface area contributed by atoms with Crippen molar-refractivity contribution in [1.82, 2.24) is 9.97 Å². The van der Waals surface area contributed by atoms with E-state index in [0.29, 0.717) is 23.2 Å². The van der Waals surface area contributed by atoms with Crippen LogP contribution in [0.15, 0.2) is 30.6 Å². The number of hydrogen-bond donors (Lipinski definition) is 1. The molecule has 5 heteroatoms. The molecule has 0 unspecified atom stereocenters. The molecule has 0 aliphatic heterocycles. The molecule has 0 spiro atoms. The molecular weight excluding hydrogens is 262 g/mol. The summed E-state index contributed by atoms with van der Waals surface area (Å²) in [5, 5.41) is 0.600. The van der Waals surface area contributed by atoms with E-state index in [-0.39, 0.29) is 0 Å². The molecule has 0 aliphatic rings. The molecule has 1 aromatic heterocycles. The van der Waals surface area contributed by atoms with Crippen LogP contribution in [0.5, 0.6) is 11.6 Å². The maximum absolute atomic E-state index is 6.08. The normalized spacial score (nSPS) is 10.5. The van der Waals surface area contributed by atoms with Gasteiger partial charge in [0.15, 0.2) is 0 Å². The smallest absolute Gasteiger partial charge is 0.222 e. The number of ether oxygens (including phenoxy) is 1. The van der Waals surface area contributed by atoms with Crippen molar-refractivity contribution in [3.05, 3.63) is 46.9 Å². The van der Waals surface area contributed by atoms with E-state index in [1.54, 1.807) is 6.07 Å². The maximum Gasteiger partial charge on any atom is 0.222 e. The van der Waals surface area contributed by atoms with Gasteiger partial charge in [-0.3, -0.25) is 0 Å². The summed E-state index contributed by atoms with van der Waals surface area (Å²) < 4.78 is 5.75. The van der Waals surface area contributed by atoms with Crippen LogP contribution in [0.25, 0.3) is 0 Å². The average molecular weight is 278 g/mol. The third kappa shape index (κ3) is 3.43. The summed E-state index contributed by atoms with van der Waals surface area (Å²) in [5.74, 6) is 1.14. The van der Waals surface area contributed by atoms with Gasteiger partial charge in [0, 0.05) is 28.9 Å². The SMILES string of the molecule is CCCc1cc(Oc2cccc(Cl)c2CN)ncn1. The van der Waals surface area contributed by atoms with Crippen LogP contribution in [-0.2, 0) is 13.0 Å². The Hall–Kier alpha value is -1.65. The summed E-state index contributed by atoms with van der Waals surface area (Å²) >= 11 is 6.08. The predicted octanol–water partition coefficient (Wildman–Crippen LogP) is 3.33. The number of aromatic nitrogens is 2. The second kappa shape index (κ2) is 6.50. The first-order valence-electron chi connectivity index (χ1n) is 6.20. The predicted molar refractivity (Wildman–Crippen MR) is 75.4 cm³/mol. The second-order valence-electron chi connectivity index (χ2n) is 4.12. The van der Waals surface area contributed by atoms with E-state index >= 15 is 0 Å². The Balaban J connectivity index is 2.26. The number of halogens is 1. The Morgan fingerprint density at radius 1 is 1.32 bits per heavy atom. The fraction of sp³-hybridized carbons (Fsp3) is 0.286. The molecular formula is C14H16ClN3O. The number of aryl methyl sites for hydroxylation is 1. The van der Waals surface area contributed by atoms with Crippen molar-refractivity contribution < 1.29 is 4.74 Å². The van der Waals surface area contributed by atoms with Gasteiger partial charge < -0.3 is 10.5 Å². The fourth-order valence-electron chi connectivity index (χ4n) is 1.77. The summed E-state index contributed by atoms with van der Waals surface area (Å²) in [7, 11) is 0. The van der Waals surface area contributed by atoms with E-state index < -0.39 is 0 Å². The highest BCUT2D eigenvalue weighted by molar-refractivity contribution is 6.31. The van der Waals surface area contributed by atoms with E-state index in [9.17, 15) is 0 Å². The zero-order valence-electron chi connectivity index (χ0n) is 10.8. The molecule has 2 aromatic rings. The summed E-state index contributed by atoms with van der Waals surface area (Å²) in [4.78, 5) is 8.29. The Labute approximate surface area is 117 Å². The number of rotatable bonds is 5. The van der Waals surface area contributed by atoms with Gasteiger partial charge in [-0.2, -0.15) is 0 Å². The first-order valence-corrected chi connectivity index (χ1v) is 6.58. The van der Waals surface area contributed by atoms with Gasteiger partial charge in [0.05, 0.1) is 0 Å². The molecule has 19 heavy (non-hydrogen) atoms. The molecule has 0 bridgehead atoms. The molecule has 1 aromatic carbocycles. The molecule has 2 N–H and O–H groups in total. The molecule has 1 heterocycles. The van der Waals surface area contributed by atoms with Gasteiger partial charge in [0.2, 0.25) is 5.88 Å². The molecule has 0 saturated heterocycles. The molecule has 0 saturated carbocycles. The third-order valence-corrected chi connectivity index (χ3v) is 3.05. The van der Waals surface area contributed by atoms with Gasteiger partial charge in [-0.25, -0.2) is 9.97 Å². The van der Waals surface area contributed by atoms with Crippen LogP contribution in [-0.4, -0.2) is 9.97 Å². The lowest BCUT2D eigenvalue weighted by Crippen LogP contribution is -2.01. The van der Waals surface area contributed by atoms with Crippen molar-refractivity contribution in [3.63, 3.8) is 0 Å². The van der Waals surface area contributed by atoms with Crippen molar-refractivity contribution in [1.29, 1.82) is 0 Å². The Bertz CT molecular complexity index is 560. The van der Waals surface area contributed by atoms with Crippen molar-refractivity contribution in [3.8, 4) is 11.6 Å². The molecule has 100 valence electrons. The monoisotopic (exact) mass is 277 g/mol. The van der Waals surface area contributed by atoms with E-state index in [1.807, 2.05) is 18.2 Å². The number of benzene rings is 1. The molecule has 4 nitrogen and oxygen atoms in total. The number of hydrogen-bond acceptors (Lipinski definition) is 4. The topological polar surface area (TPSA) is 61.0 Å². The average Bonchev–Trinajstić information content (AvgIpc) is 2.40. The summed E-state index contributed by atoms with van der Waals surface area (Å²) in [6.07, 6.45) is 3.44. The minimum absolute atomic E-state index is 0.321. The van der Waals surface area contributed by atoms with E-state index in [0.717, 1.165) is 24.1 Å². The van der Waals surface area contributed by atoms with Crippen LogP contribution in [0, 0.1) is 0 Å². The maximum atomic E-state index is 6.08. The zero-order valence-corrected chi connectivity index (χ0v) is 11.5. The van der Waals surface area contributed by atoms with Crippen LogP contribution >= 0.6 is 11.6 Å². The van der Waals surface area contributed by atoms with Crippen LogP contribution in [0.1, 0.15) is 24.6 Å². The Morgan fingerprint density at radius 3 is 2.89 bits per heavy atom. The largest absolute Gasteiger partial charge is 0.439 e. The van der Waals surface area contributed by atoms with Crippen molar-refractivity contribution in [2.75, 3.05) is 0 Å². The van der Waals surface area contributed by atoms with Gasteiger partial charge in [0.25, 0.3) is 0 Å². The summed E-state index contributed by atoms with van der Waals surface area (Å²) in [6.45, 7) is 2.42. The molecule has 0 amide bonds. The zero-order chi connectivity index (χ0) is 13.7. The van der Waals surface area contributed by atoms with Crippen LogP contribution in [0.4, 0.5) is 0 Å². The molecule has 2 rings (SSSR count). The Kier molecular flexibility index (Phi) is 4.71. The highest BCUT2D eigenvalue weighted by atomic mass is 35.5. The molecule has 0 fully saturated rings. The standard InChI is InChI=1S/C14H16ClN3O/c1-2-4-10-7-14(18-9-17-10)19-13-6-3-5-12(15)11(13)8-16/h3,5-7,9H,2,4,8,16H2,1H3. The molecule has 0 aliphatic carbocycles. The van der Waals surface area contributed by atoms with Gasteiger partial charge in [-0.1, -0.05) is 31.0 Å². The molecule has 0 radical (unpaired) electrons.